The molecule has 0 amide bonds. The minimum Gasteiger partial charge on any atom is -0.497 e. The van der Waals surface area contributed by atoms with Gasteiger partial charge in [-0.05, 0) is 123 Å². The highest BCUT2D eigenvalue weighted by Gasteiger charge is 2.71. The fourth-order valence-corrected chi connectivity index (χ4v) is 10.4. The lowest BCUT2D eigenvalue weighted by Gasteiger charge is -2.65. The summed E-state index contributed by atoms with van der Waals surface area (Å²) in [6.07, 6.45) is 8.59. The number of carbonyl (C=O) groups is 1. The molecule has 4 aliphatic carbocycles. The first-order valence-electron chi connectivity index (χ1n) is 14.6. The highest BCUT2D eigenvalue weighted by atomic mass is 32.1. The molecule has 1 spiro atoms. The van der Waals surface area contributed by atoms with Gasteiger partial charge in [0.15, 0.2) is 5.11 Å². The van der Waals surface area contributed by atoms with E-state index in [2.05, 4.69) is 31.4 Å². The molecule has 1 aromatic rings. The maximum Gasteiger partial charge on any atom is 0.312 e. The van der Waals surface area contributed by atoms with Crippen LogP contribution in [0.15, 0.2) is 24.3 Å². The maximum absolute atomic E-state index is 13.3. The van der Waals surface area contributed by atoms with Crippen molar-refractivity contribution >= 4 is 29.0 Å². The molecule has 0 aliphatic heterocycles. The Kier molecular flexibility index (Phi) is 7.26. The second-order valence-electron chi connectivity index (χ2n) is 13.3. The van der Waals surface area contributed by atoms with Crippen molar-refractivity contribution in [3.8, 4) is 5.75 Å². The Morgan fingerprint density at radius 2 is 1.79 bits per heavy atom. The zero-order valence-electron chi connectivity index (χ0n) is 23.8. The first kappa shape index (κ1) is 27.7. The van der Waals surface area contributed by atoms with Crippen LogP contribution in [0.25, 0.3) is 0 Å². The molecule has 4 saturated carbocycles. The number of carbonyl (C=O) groups excluding carboxylic acids is 1. The SMILES string of the molecule is CCOC(=O)[C@]1(C)CCC[C@@]2(C)[C@@H]3CC[C@@]4(C)C[C@]3(CC[C@@H]21)[C@H](CO)[C@H]4NC(=S)Nc1ccc(OC)cc1. The molecule has 1 aromatic carbocycles. The summed E-state index contributed by atoms with van der Waals surface area (Å²) < 4.78 is 10.9. The van der Waals surface area contributed by atoms with Crippen molar-refractivity contribution < 1.29 is 19.4 Å². The summed E-state index contributed by atoms with van der Waals surface area (Å²) in [5, 5.41) is 18.6. The largest absolute Gasteiger partial charge is 0.497 e. The van der Waals surface area contributed by atoms with E-state index in [-0.39, 0.29) is 40.8 Å². The van der Waals surface area contributed by atoms with Crippen molar-refractivity contribution in [3.63, 3.8) is 0 Å². The Labute approximate surface area is 233 Å². The zero-order valence-corrected chi connectivity index (χ0v) is 24.6. The molecule has 3 N–H and O–H groups in total. The van der Waals surface area contributed by atoms with E-state index in [1.165, 1.54) is 0 Å². The zero-order chi connectivity index (χ0) is 27.3. The van der Waals surface area contributed by atoms with Crippen molar-refractivity contribution in [2.45, 2.75) is 85.1 Å². The van der Waals surface area contributed by atoms with E-state index in [1.54, 1.807) is 7.11 Å². The summed E-state index contributed by atoms with van der Waals surface area (Å²) >= 11 is 5.80. The number of thiocarbonyl (C=S) groups is 1. The van der Waals surface area contributed by atoms with Crippen LogP contribution in [0, 0.1) is 39.4 Å². The van der Waals surface area contributed by atoms with E-state index < -0.39 is 5.41 Å². The molecule has 0 aromatic heterocycles. The van der Waals surface area contributed by atoms with Gasteiger partial charge in [-0.2, -0.15) is 0 Å². The molecule has 0 unspecified atom stereocenters. The lowest BCUT2D eigenvalue weighted by molar-refractivity contribution is -0.193. The van der Waals surface area contributed by atoms with Gasteiger partial charge in [-0.15, -0.1) is 0 Å². The first-order chi connectivity index (χ1) is 18.1. The summed E-state index contributed by atoms with van der Waals surface area (Å²) in [5.41, 5.74) is 0.703. The lowest BCUT2D eigenvalue weighted by atomic mass is 9.39. The van der Waals surface area contributed by atoms with Crippen LogP contribution in [-0.4, -0.2) is 42.6 Å². The topological polar surface area (TPSA) is 79.8 Å². The highest BCUT2D eigenvalue weighted by Crippen LogP contribution is 2.75. The Morgan fingerprint density at radius 3 is 2.45 bits per heavy atom. The number of benzene rings is 1. The number of anilines is 1. The van der Waals surface area contributed by atoms with Crippen LogP contribution in [0.5, 0.6) is 5.75 Å². The van der Waals surface area contributed by atoms with E-state index in [0.29, 0.717) is 23.6 Å². The monoisotopic (exact) mass is 542 g/mol. The third kappa shape index (κ3) is 4.14. The molecule has 4 fully saturated rings. The summed E-state index contributed by atoms with van der Waals surface area (Å²) in [7, 11) is 1.66. The number of ether oxygens (including phenoxy) is 2. The fourth-order valence-electron chi connectivity index (χ4n) is 10.1. The molecular weight excluding hydrogens is 496 g/mol. The minimum atomic E-state index is -0.416. The average molecular weight is 543 g/mol. The third-order valence-corrected chi connectivity index (χ3v) is 11.8. The second-order valence-corrected chi connectivity index (χ2v) is 13.7. The van der Waals surface area contributed by atoms with Gasteiger partial charge in [-0.1, -0.05) is 20.3 Å². The van der Waals surface area contributed by atoms with Crippen molar-refractivity contribution in [2.24, 2.45) is 39.4 Å². The van der Waals surface area contributed by atoms with Gasteiger partial charge in [0.25, 0.3) is 0 Å². The number of methoxy groups -OCH3 is 1. The molecule has 6 nitrogen and oxygen atoms in total. The molecular formula is C31H46N2O4S. The van der Waals surface area contributed by atoms with Crippen molar-refractivity contribution in [1.29, 1.82) is 0 Å². The van der Waals surface area contributed by atoms with Crippen LogP contribution in [0.4, 0.5) is 5.69 Å². The smallest absolute Gasteiger partial charge is 0.312 e. The summed E-state index contributed by atoms with van der Waals surface area (Å²) in [6.45, 7) is 9.54. The predicted molar refractivity (Wildman–Crippen MR) is 154 cm³/mol. The first-order valence-corrected chi connectivity index (χ1v) is 15.0. The summed E-state index contributed by atoms with van der Waals surface area (Å²) in [4.78, 5) is 13.3. The number of hydrogen-bond donors (Lipinski definition) is 3. The lowest BCUT2D eigenvalue weighted by Crippen LogP contribution is -2.60. The van der Waals surface area contributed by atoms with Crippen molar-refractivity contribution in [2.75, 3.05) is 25.6 Å². The van der Waals surface area contributed by atoms with Gasteiger partial charge in [0, 0.05) is 24.3 Å². The van der Waals surface area contributed by atoms with E-state index in [0.717, 1.165) is 62.8 Å². The third-order valence-electron chi connectivity index (χ3n) is 11.6. The Bertz CT molecular complexity index is 1060. The molecule has 0 radical (unpaired) electrons. The number of aliphatic hydroxyl groups excluding tert-OH is 1. The maximum atomic E-state index is 13.3. The number of fused-ring (bicyclic) bond motifs is 3. The second kappa shape index (κ2) is 9.96. The summed E-state index contributed by atoms with van der Waals surface area (Å²) in [6, 6.07) is 7.87. The van der Waals surface area contributed by atoms with Gasteiger partial charge < -0.3 is 25.2 Å². The molecule has 7 heteroatoms. The molecule has 38 heavy (non-hydrogen) atoms. The molecule has 2 bridgehead atoms. The Hall–Kier alpha value is -1.86. The van der Waals surface area contributed by atoms with Gasteiger partial charge in [-0.25, -0.2) is 0 Å². The Morgan fingerprint density at radius 1 is 1.08 bits per heavy atom. The van der Waals surface area contributed by atoms with Gasteiger partial charge in [0.1, 0.15) is 5.75 Å². The number of esters is 1. The van der Waals surface area contributed by atoms with Crippen LogP contribution in [0.3, 0.4) is 0 Å². The van der Waals surface area contributed by atoms with Crippen LogP contribution in [-0.2, 0) is 9.53 Å². The number of nitrogens with one attached hydrogen (secondary N) is 2. The van der Waals surface area contributed by atoms with Crippen molar-refractivity contribution in [3.05, 3.63) is 24.3 Å². The van der Waals surface area contributed by atoms with Crippen LogP contribution >= 0.6 is 12.2 Å². The van der Waals surface area contributed by atoms with Gasteiger partial charge in [0.05, 0.1) is 19.1 Å². The molecule has 4 aliphatic rings. The fraction of sp³-hybridized carbons (Fsp3) is 0.742. The van der Waals surface area contributed by atoms with Crippen molar-refractivity contribution in [1.82, 2.24) is 5.32 Å². The normalized spacial score (nSPS) is 41.4. The number of rotatable bonds is 6. The van der Waals surface area contributed by atoms with Crippen LogP contribution in [0.1, 0.15) is 79.1 Å². The highest BCUT2D eigenvalue weighted by molar-refractivity contribution is 7.80. The van der Waals surface area contributed by atoms with Gasteiger partial charge >= 0.3 is 5.97 Å². The molecule has 0 saturated heterocycles. The molecule has 0 heterocycles. The molecule has 5 rings (SSSR count). The quantitative estimate of drug-likeness (QED) is 0.303. The van der Waals surface area contributed by atoms with E-state index >= 15 is 0 Å². The standard InChI is InChI=1S/C31H46N2O4S/c1-6-37-26(35)30(4)15-7-14-29(3)23(30)13-17-31-19-28(2,16-12-24(29)31)25(22(31)18-34)33-27(38)32-20-8-10-21(36-5)11-9-20/h8-11,22-25,34H,6-7,12-19H2,1-5H3,(H2,32,33,38)/t22-,23+,24+,25-,28+,29-,30-,31-/m1/s1. The van der Waals surface area contributed by atoms with Gasteiger partial charge in [0.2, 0.25) is 0 Å². The van der Waals surface area contributed by atoms with E-state index in [9.17, 15) is 9.90 Å². The molecule has 8 atom stereocenters. The summed E-state index contributed by atoms with van der Waals surface area (Å²) in [5.74, 6) is 1.74. The number of hydrogen-bond acceptors (Lipinski definition) is 5. The van der Waals surface area contributed by atoms with Crippen LogP contribution in [0.2, 0.25) is 0 Å². The predicted octanol–water partition coefficient (Wildman–Crippen LogP) is 5.93. The number of aliphatic hydroxyl groups is 1. The van der Waals surface area contributed by atoms with E-state index in [1.807, 2.05) is 31.2 Å². The average Bonchev–Trinajstić information content (AvgIpc) is 3.05. The minimum absolute atomic E-state index is 0.00727. The van der Waals surface area contributed by atoms with E-state index in [4.69, 9.17) is 21.7 Å². The van der Waals surface area contributed by atoms with Gasteiger partial charge in [-0.3, -0.25) is 4.79 Å². The Balaban J connectivity index is 1.40. The molecule has 210 valence electrons. The van der Waals surface area contributed by atoms with Crippen LogP contribution < -0.4 is 15.4 Å².